The molecule has 124 valence electrons. The number of hydrogen-bond donors (Lipinski definition) is 2. The number of halogens is 2. The van der Waals surface area contributed by atoms with Crippen LogP contribution in [-0.4, -0.2) is 4.57 Å². The Morgan fingerprint density at radius 3 is 1.67 bits per heavy atom. The van der Waals surface area contributed by atoms with Gasteiger partial charge in [-0.05, 0) is 29.8 Å². The van der Waals surface area contributed by atoms with Crippen LogP contribution >= 0.6 is 24.8 Å². The molecule has 0 saturated heterocycles. The van der Waals surface area contributed by atoms with Gasteiger partial charge in [0.1, 0.15) is 0 Å². The van der Waals surface area contributed by atoms with E-state index in [4.69, 9.17) is 11.5 Å². The minimum absolute atomic E-state index is 0. The largest absolute Gasteiger partial charge is 0.399 e. The molecule has 0 aliphatic heterocycles. The van der Waals surface area contributed by atoms with Crippen molar-refractivity contribution in [2.45, 2.75) is 6.54 Å². The zero-order valence-corrected chi connectivity index (χ0v) is 14.6. The molecule has 1 aromatic heterocycles. The van der Waals surface area contributed by atoms with Gasteiger partial charge >= 0.3 is 0 Å². The Hall–Kier alpha value is -2.36. The van der Waals surface area contributed by atoms with Gasteiger partial charge in [-0.15, -0.1) is 24.8 Å². The highest BCUT2D eigenvalue weighted by Gasteiger charge is 2.11. The fourth-order valence-electron chi connectivity index (χ4n) is 3.07. The number of nitrogens with two attached hydrogens (primary N) is 2. The van der Waals surface area contributed by atoms with Gasteiger partial charge in [0.05, 0.1) is 11.0 Å². The van der Waals surface area contributed by atoms with E-state index in [1.54, 1.807) is 0 Å². The van der Waals surface area contributed by atoms with Crippen molar-refractivity contribution in [3.05, 3.63) is 72.3 Å². The predicted octanol–water partition coefficient (Wildman–Crippen LogP) is 4.85. The lowest BCUT2D eigenvalue weighted by Crippen LogP contribution is -2.00. The van der Waals surface area contributed by atoms with E-state index in [1.807, 2.05) is 30.3 Å². The average Bonchev–Trinajstić information content (AvgIpc) is 2.81. The number of rotatable bonds is 2. The van der Waals surface area contributed by atoms with Gasteiger partial charge in [-0.1, -0.05) is 42.5 Å². The molecule has 0 saturated carbocycles. The average molecular weight is 360 g/mol. The maximum atomic E-state index is 6.00. The molecule has 3 nitrogen and oxygen atoms in total. The quantitative estimate of drug-likeness (QED) is 0.502. The molecule has 1 heterocycles. The second-order valence-electron chi connectivity index (χ2n) is 5.62. The predicted molar refractivity (Wildman–Crippen MR) is 108 cm³/mol. The van der Waals surface area contributed by atoms with Gasteiger partial charge in [-0.3, -0.25) is 0 Å². The Kier molecular flexibility index (Phi) is 5.27. The third-order valence-electron chi connectivity index (χ3n) is 4.10. The van der Waals surface area contributed by atoms with E-state index in [0.717, 1.165) is 29.0 Å². The van der Waals surface area contributed by atoms with Crippen LogP contribution in [0.3, 0.4) is 0 Å². The Labute approximate surface area is 153 Å². The molecular formula is C19H19Cl2N3. The van der Waals surface area contributed by atoms with Gasteiger partial charge in [0.2, 0.25) is 0 Å². The number of nitrogen functional groups attached to an aromatic ring is 2. The lowest BCUT2D eigenvalue weighted by molar-refractivity contribution is 0.869. The van der Waals surface area contributed by atoms with Crippen LogP contribution in [0.15, 0.2) is 66.7 Å². The van der Waals surface area contributed by atoms with Crippen molar-refractivity contribution >= 4 is 58.0 Å². The Balaban J connectivity index is 0.00000104. The monoisotopic (exact) mass is 359 g/mol. The van der Waals surface area contributed by atoms with Crippen LogP contribution in [0.1, 0.15) is 5.56 Å². The second kappa shape index (κ2) is 7.04. The van der Waals surface area contributed by atoms with Crippen molar-refractivity contribution in [1.82, 2.24) is 4.57 Å². The summed E-state index contributed by atoms with van der Waals surface area (Å²) in [6.07, 6.45) is 0. The van der Waals surface area contributed by atoms with Crippen molar-refractivity contribution in [3.8, 4) is 0 Å². The summed E-state index contributed by atoms with van der Waals surface area (Å²) in [5, 5.41) is 2.42. The standard InChI is InChI=1S/C19H17N3.2ClH/c20-14-6-8-16-17-9-7-15(21)11-19(17)22(18(16)10-14)12-13-4-2-1-3-5-13;;/h1-11H,12,20-21H2;2*1H. The molecule has 0 fully saturated rings. The summed E-state index contributed by atoms with van der Waals surface area (Å²) in [6, 6.07) is 22.6. The molecule has 0 radical (unpaired) electrons. The number of hydrogen-bond acceptors (Lipinski definition) is 2. The number of benzene rings is 3. The smallest absolute Gasteiger partial charge is 0.0515 e. The molecule has 4 N–H and O–H groups in total. The first-order valence-corrected chi connectivity index (χ1v) is 7.33. The molecule has 0 atom stereocenters. The van der Waals surface area contributed by atoms with Crippen LogP contribution in [0.2, 0.25) is 0 Å². The van der Waals surface area contributed by atoms with Gasteiger partial charge in [0.15, 0.2) is 0 Å². The molecule has 4 aromatic rings. The molecule has 0 unspecified atom stereocenters. The van der Waals surface area contributed by atoms with Crippen molar-refractivity contribution in [3.63, 3.8) is 0 Å². The summed E-state index contributed by atoms with van der Waals surface area (Å²) >= 11 is 0. The van der Waals surface area contributed by atoms with Crippen LogP contribution in [0, 0.1) is 0 Å². The molecule has 0 aliphatic rings. The lowest BCUT2D eigenvalue weighted by atomic mass is 10.1. The van der Waals surface area contributed by atoms with E-state index < -0.39 is 0 Å². The fourth-order valence-corrected chi connectivity index (χ4v) is 3.07. The number of fused-ring (bicyclic) bond motifs is 3. The Morgan fingerprint density at radius 2 is 1.17 bits per heavy atom. The molecule has 5 heteroatoms. The fraction of sp³-hybridized carbons (Fsp3) is 0.0526. The van der Waals surface area contributed by atoms with Gasteiger partial charge in [-0.2, -0.15) is 0 Å². The molecule has 24 heavy (non-hydrogen) atoms. The van der Waals surface area contributed by atoms with E-state index in [0.29, 0.717) is 0 Å². The van der Waals surface area contributed by atoms with E-state index in [9.17, 15) is 0 Å². The van der Waals surface area contributed by atoms with Crippen LogP contribution < -0.4 is 11.5 Å². The first-order chi connectivity index (χ1) is 10.7. The third-order valence-corrected chi connectivity index (χ3v) is 4.10. The topological polar surface area (TPSA) is 57.0 Å². The van der Waals surface area contributed by atoms with E-state index in [2.05, 4.69) is 41.0 Å². The number of nitrogens with zero attached hydrogens (tertiary/aromatic N) is 1. The highest BCUT2D eigenvalue weighted by Crippen LogP contribution is 2.32. The summed E-state index contributed by atoms with van der Waals surface area (Å²) in [5.74, 6) is 0. The van der Waals surface area contributed by atoms with Crippen LogP contribution in [0.5, 0.6) is 0 Å². The molecule has 0 amide bonds. The SMILES string of the molecule is Cl.Cl.Nc1ccc2c3ccc(N)cc3n(Cc3ccccc3)c2c1. The van der Waals surface area contributed by atoms with Gasteiger partial charge in [0.25, 0.3) is 0 Å². The first-order valence-electron chi connectivity index (χ1n) is 7.33. The van der Waals surface area contributed by atoms with Crippen LogP contribution in [-0.2, 0) is 6.54 Å². The highest BCUT2D eigenvalue weighted by molar-refractivity contribution is 6.09. The maximum Gasteiger partial charge on any atom is 0.0515 e. The normalized spacial score (nSPS) is 10.3. The number of aromatic nitrogens is 1. The van der Waals surface area contributed by atoms with Gasteiger partial charge in [-0.25, -0.2) is 0 Å². The van der Waals surface area contributed by atoms with E-state index in [-0.39, 0.29) is 24.8 Å². The van der Waals surface area contributed by atoms with Gasteiger partial charge < -0.3 is 16.0 Å². The summed E-state index contributed by atoms with van der Waals surface area (Å²) in [4.78, 5) is 0. The minimum atomic E-state index is 0. The van der Waals surface area contributed by atoms with Crippen molar-refractivity contribution in [1.29, 1.82) is 0 Å². The zero-order valence-electron chi connectivity index (χ0n) is 13.0. The maximum absolute atomic E-state index is 6.00. The molecule has 0 aliphatic carbocycles. The third kappa shape index (κ3) is 3.01. The van der Waals surface area contributed by atoms with Crippen LogP contribution in [0.4, 0.5) is 11.4 Å². The van der Waals surface area contributed by atoms with Crippen molar-refractivity contribution < 1.29 is 0 Å². The summed E-state index contributed by atoms with van der Waals surface area (Å²) in [6.45, 7) is 0.799. The summed E-state index contributed by atoms with van der Waals surface area (Å²) < 4.78 is 2.28. The molecule has 0 spiro atoms. The van der Waals surface area contributed by atoms with Crippen LogP contribution in [0.25, 0.3) is 21.8 Å². The summed E-state index contributed by atoms with van der Waals surface area (Å²) in [5.41, 5.74) is 17.1. The summed E-state index contributed by atoms with van der Waals surface area (Å²) in [7, 11) is 0. The van der Waals surface area contributed by atoms with E-state index >= 15 is 0 Å². The van der Waals surface area contributed by atoms with Gasteiger partial charge in [0, 0.05) is 28.7 Å². The van der Waals surface area contributed by atoms with E-state index in [1.165, 1.54) is 16.3 Å². The molecular weight excluding hydrogens is 341 g/mol. The highest BCUT2D eigenvalue weighted by atomic mass is 35.5. The van der Waals surface area contributed by atoms with Crippen molar-refractivity contribution in [2.75, 3.05) is 11.5 Å². The zero-order chi connectivity index (χ0) is 15.1. The van der Waals surface area contributed by atoms with Crippen molar-refractivity contribution in [2.24, 2.45) is 0 Å². The lowest BCUT2D eigenvalue weighted by Gasteiger charge is -2.08. The second-order valence-corrected chi connectivity index (χ2v) is 5.62. The molecule has 0 bridgehead atoms. The Morgan fingerprint density at radius 1 is 0.667 bits per heavy atom. The molecule has 3 aromatic carbocycles. The number of anilines is 2. The first kappa shape index (κ1) is 18.0. The minimum Gasteiger partial charge on any atom is -0.399 e. The molecule has 4 rings (SSSR count). The Bertz CT molecular complexity index is 919.